The summed E-state index contributed by atoms with van der Waals surface area (Å²) < 4.78 is 0. The van der Waals surface area contributed by atoms with E-state index in [9.17, 15) is 10.2 Å². The van der Waals surface area contributed by atoms with Gasteiger partial charge in [0.1, 0.15) is 11.5 Å². The second kappa shape index (κ2) is 51.8. The number of benzene rings is 3. The van der Waals surface area contributed by atoms with E-state index in [1.54, 1.807) is 0 Å². The van der Waals surface area contributed by atoms with Crippen LogP contribution in [0.15, 0.2) is 72.8 Å². The van der Waals surface area contributed by atoms with Gasteiger partial charge in [-0.15, -0.1) is 0 Å². The third-order valence-corrected chi connectivity index (χ3v) is 18.0. The quantitative estimate of drug-likeness (QED) is 0.0553. The molecule has 2 atom stereocenters. The Labute approximate surface area is 498 Å². The second-order valence-corrected chi connectivity index (χ2v) is 25.2. The maximum Gasteiger partial charge on any atom is 0.120 e. The lowest BCUT2D eigenvalue weighted by Crippen LogP contribution is -2.33. The Morgan fingerprint density at radius 1 is 0.237 bits per heavy atom. The minimum absolute atomic E-state index is 0.0209. The molecule has 4 nitrogen and oxygen atoms in total. The van der Waals surface area contributed by atoms with Crippen LogP contribution in [0.25, 0.3) is 0 Å². The molecule has 4 heteroatoms. The monoisotopic (exact) mass is 1110 g/mol. The molecule has 0 saturated heterocycles. The third-order valence-electron chi connectivity index (χ3n) is 18.0. The molecule has 0 fully saturated rings. The molecular weight excluding hydrogens is 973 g/mol. The molecule has 3 rings (SSSR count). The molecule has 0 aliphatic carbocycles. The molecule has 2 N–H and O–H groups in total. The number of phenolic OH excluding ortho intramolecular Hbond substituents is 2. The largest absolute Gasteiger partial charge is 0.508 e. The molecule has 3 aromatic rings. The number of aromatic hydroxyl groups is 2. The van der Waals surface area contributed by atoms with Crippen molar-refractivity contribution in [3.63, 3.8) is 0 Å². The second-order valence-electron chi connectivity index (χ2n) is 25.2. The highest BCUT2D eigenvalue weighted by molar-refractivity contribution is 5.45. The van der Waals surface area contributed by atoms with E-state index in [4.69, 9.17) is 0 Å². The zero-order chi connectivity index (χ0) is 57.0. The van der Waals surface area contributed by atoms with Crippen molar-refractivity contribution >= 4 is 0 Å². The van der Waals surface area contributed by atoms with Gasteiger partial charge in [0.05, 0.1) is 12.1 Å². The molecule has 0 heterocycles. The van der Waals surface area contributed by atoms with Gasteiger partial charge in [0, 0.05) is 11.1 Å². The van der Waals surface area contributed by atoms with Crippen LogP contribution in [0.2, 0.25) is 0 Å². The Balaban J connectivity index is 1.82. The molecule has 0 amide bonds. The maximum absolute atomic E-state index is 11.7. The summed E-state index contributed by atoms with van der Waals surface area (Å²) in [5.41, 5.74) is 4.57. The standard InChI is InChI=1S/C76H132N2O2/c1-5-9-13-17-21-25-29-33-37-41-45-53-65-77(66-54-46-42-38-34-30-26-22-18-14-10-6-2)75(71-57-49-51-59-73(71)79)69-61-63-70(64-62-69)76(72-58-50-52-60-74(72)80)78(67-55-47-43-39-35-31-27-23-19-15-11-7-3)68-56-48-44-40-36-32-28-24-20-16-12-8-4/h49-52,57-64,75-76,79-80H,5-48,53-56,65-68H2,1-4H3. The van der Waals surface area contributed by atoms with Crippen molar-refractivity contribution in [2.75, 3.05) is 26.2 Å². The van der Waals surface area contributed by atoms with Crippen LogP contribution < -0.4 is 0 Å². The summed E-state index contributed by atoms with van der Waals surface area (Å²) in [6.07, 6.45) is 65.1. The fourth-order valence-electron chi connectivity index (χ4n) is 12.8. The first-order valence-electron chi connectivity index (χ1n) is 35.7. The van der Waals surface area contributed by atoms with Gasteiger partial charge >= 0.3 is 0 Å². The zero-order valence-corrected chi connectivity index (χ0v) is 53.6. The highest BCUT2D eigenvalue weighted by atomic mass is 16.3. The van der Waals surface area contributed by atoms with Gasteiger partial charge in [-0.2, -0.15) is 0 Å². The Kier molecular flexibility index (Phi) is 46.3. The topological polar surface area (TPSA) is 46.9 Å². The smallest absolute Gasteiger partial charge is 0.120 e. The van der Waals surface area contributed by atoms with Gasteiger partial charge < -0.3 is 10.2 Å². The lowest BCUT2D eigenvalue weighted by molar-refractivity contribution is 0.209. The van der Waals surface area contributed by atoms with Gasteiger partial charge in [-0.1, -0.05) is 371 Å². The van der Waals surface area contributed by atoms with Crippen molar-refractivity contribution in [2.24, 2.45) is 0 Å². The van der Waals surface area contributed by atoms with Crippen molar-refractivity contribution in [3.05, 3.63) is 95.1 Å². The Morgan fingerprint density at radius 3 is 0.600 bits per heavy atom. The summed E-state index contributed by atoms with van der Waals surface area (Å²) in [6.45, 7) is 13.4. The fourth-order valence-corrected chi connectivity index (χ4v) is 12.8. The van der Waals surface area contributed by atoms with Gasteiger partial charge in [0.15, 0.2) is 0 Å². The van der Waals surface area contributed by atoms with Crippen LogP contribution >= 0.6 is 0 Å². The van der Waals surface area contributed by atoms with Gasteiger partial charge in [-0.3, -0.25) is 9.80 Å². The van der Waals surface area contributed by atoms with E-state index in [0.29, 0.717) is 11.5 Å². The average molecular weight is 1110 g/mol. The van der Waals surface area contributed by atoms with E-state index in [1.165, 1.54) is 319 Å². The zero-order valence-electron chi connectivity index (χ0n) is 53.6. The summed E-state index contributed by atoms with van der Waals surface area (Å²) in [5, 5.41) is 23.4. The summed E-state index contributed by atoms with van der Waals surface area (Å²) in [5.74, 6) is 0.804. The molecule has 0 radical (unpaired) electrons. The molecule has 0 saturated carbocycles. The van der Waals surface area contributed by atoms with E-state index >= 15 is 0 Å². The lowest BCUT2D eigenvalue weighted by Gasteiger charge is -2.35. The molecule has 0 bridgehead atoms. The first-order valence-corrected chi connectivity index (χ1v) is 35.7. The minimum atomic E-state index is -0.0209. The number of phenols is 2. The molecule has 2 unspecified atom stereocenters. The predicted octanol–water partition coefficient (Wildman–Crippen LogP) is 24.7. The highest BCUT2D eigenvalue weighted by Gasteiger charge is 2.28. The average Bonchev–Trinajstić information content (AvgIpc) is 3.53. The third kappa shape index (κ3) is 34.7. The first-order chi connectivity index (χ1) is 39.5. The van der Waals surface area contributed by atoms with Crippen LogP contribution in [0.5, 0.6) is 11.5 Å². The van der Waals surface area contributed by atoms with E-state index in [2.05, 4.69) is 86.0 Å². The van der Waals surface area contributed by atoms with Crippen LogP contribution in [0.1, 0.15) is 370 Å². The number of hydrogen-bond donors (Lipinski definition) is 2. The minimum Gasteiger partial charge on any atom is -0.508 e. The SMILES string of the molecule is CCCCCCCCCCCCCCN(CCCCCCCCCCCCCC)C(c1ccc(C(c2ccccc2O)N(CCCCCCCCCCCCCC)CCCCCCCCCCCCCC)cc1)c1ccccc1O. The molecule has 0 spiro atoms. The van der Waals surface area contributed by atoms with Gasteiger partial charge in [0.2, 0.25) is 0 Å². The van der Waals surface area contributed by atoms with Crippen LogP contribution in [0.4, 0.5) is 0 Å². The molecule has 3 aromatic carbocycles. The van der Waals surface area contributed by atoms with Crippen molar-refractivity contribution in [2.45, 2.75) is 348 Å². The van der Waals surface area contributed by atoms with Gasteiger partial charge in [0.25, 0.3) is 0 Å². The Morgan fingerprint density at radius 2 is 0.412 bits per heavy atom. The van der Waals surface area contributed by atoms with E-state index in [-0.39, 0.29) is 12.1 Å². The van der Waals surface area contributed by atoms with Gasteiger partial charge in [-0.25, -0.2) is 0 Å². The predicted molar refractivity (Wildman–Crippen MR) is 354 cm³/mol. The summed E-state index contributed by atoms with van der Waals surface area (Å²) in [4.78, 5) is 5.48. The molecule has 0 aliphatic heterocycles. The number of para-hydroxylation sites is 2. The van der Waals surface area contributed by atoms with Crippen LogP contribution in [-0.4, -0.2) is 46.2 Å². The highest BCUT2D eigenvalue weighted by Crippen LogP contribution is 2.39. The fraction of sp³-hybridized carbons (Fsp3) is 0.763. The van der Waals surface area contributed by atoms with E-state index in [1.807, 2.05) is 24.3 Å². The summed E-state index contributed by atoms with van der Waals surface area (Å²) in [6, 6.07) is 25.9. The van der Waals surface area contributed by atoms with E-state index in [0.717, 1.165) is 37.3 Å². The number of hydrogen-bond acceptors (Lipinski definition) is 4. The molecule has 458 valence electrons. The summed E-state index contributed by atoms with van der Waals surface area (Å²) >= 11 is 0. The Bertz CT molecular complexity index is 1590. The maximum atomic E-state index is 11.7. The summed E-state index contributed by atoms with van der Waals surface area (Å²) in [7, 11) is 0. The Hall–Kier alpha value is -2.82. The number of unbranched alkanes of at least 4 members (excludes halogenated alkanes) is 44. The normalized spacial score (nSPS) is 12.6. The first kappa shape index (κ1) is 71.4. The molecular formula is C76H132N2O2. The number of nitrogens with zero attached hydrogens (tertiary/aromatic N) is 2. The van der Waals surface area contributed by atoms with Crippen molar-refractivity contribution in [1.29, 1.82) is 0 Å². The van der Waals surface area contributed by atoms with Crippen LogP contribution in [0.3, 0.4) is 0 Å². The lowest BCUT2D eigenvalue weighted by atomic mass is 9.91. The number of rotatable bonds is 58. The van der Waals surface area contributed by atoms with Crippen molar-refractivity contribution in [1.82, 2.24) is 9.80 Å². The molecule has 80 heavy (non-hydrogen) atoms. The van der Waals surface area contributed by atoms with Crippen LogP contribution in [0, 0.1) is 0 Å². The molecule has 0 aliphatic rings. The van der Waals surface area contributed by atoms with Gasteiger partial charge in [-0.05, 0) is 75.1 Å². The van der Waals surface area contributed by atoms with Crippen molar-refractivity contribution < 1.29 is 10.2 Å². The van der Waals surface area contributed by atoms with E-state index < -0.39 is 0 Å². The molecule has 0 aromatic heterocycles. The van der Waals surface area contributed by atoms with Crippen LogP contribution in [-0.2, 0) is 0 Å². The van der Waals surface area contributed by atoms with Crippen molar-refractivity contribution in [3.8, 4) is 11.5 Å².